The summed E-state index contributed by atoms with van der Waals surface area (Å²) >= 11 is 0. The number of rotatable bonds is 9. The molecular formula is C26H30N2O3. The lowest BCUT2D eigenvalue weighted by molar-refractivity contribution is -0.121. The summed E-state index contributed by atoms with van der Waals surface area (Å²) in [6, 6.07) is 22.2. The second-order valence-corrected chi connectivity index (χ2v) is 7.97. The Labute approximate surface area is 184 Å². The van der Waals surface area contributed by atoms with E-state index in [2.05, 4.69) is 22.3 Å². The first-order valence-electron chi connectivity index (χ1n) is 11.0. The number of carbonyl (C=O) groups excluding carboxylic acids is 1. The van der Waals surface area contributed by atoms with E-state index in [4.69, 9.17) is 9.15 Å². The van der Waals surface area contributed by atoms with Gasteiger partial charge in [0, 0.05) is 24.9 Å². The van der Waals surface area contributed by atoms with Gasteiger partial charge in [0.25, 0.3) is 0 Å². The topological polar surface area (TPSA) is 54.7 Å². The van der Waals surface area contributed by atoms with Crippen LogP contribution < -0.4 is 10.1 Å². The number of hydrogen-bond acceptors (Lipinski definition) is 4. The molecule has 0 bridgehead atoms. The monoisotopic (exact) mass is 418 g/mol. The lowest BCUT2D eigenvalue weighted by Crippen LogP contribution is -2.36. The lowest BCUT2D eigenvalue weighted by Gasteiger charge is -2.28. The molecule has 0 saturated carbocycles. The minimum absolute atomic E-state index is 0.0461. The summed E-state index contributed by atoms with van der Waals surface area (Å²) < 4.78 is 11.3. The van der Waals surface area contributed by atoms with Crippen LogP contribution in [0.2, 0.25) is 0 Å². The molecule has 0 unspecified atom stereocenters. The van der Waals surface area contributed by atoms with Crippen LogP contribution >= 0.6 is 0 Å². The van der Waals surface area contributed by atoms with Gasteiger partial charge in [-0.3, -0.25) is 9.69 Å². The molecule has 3 aromatic rings. The average molecular weight is 419 g/mol. The van der Waals surface area contributed by atoms with E-state index in [1.165, 1.54) is 18.4 Å². The van der Waals surface area contributed by atoms with Crippen LogP contribution in [0.5, 0.6) is 5.75 Å². The van der Waals surface area contributed by atoms with Crippen molar-refractivity contribution in [1.82, 2.24) is 10.2 Å². The fraction of sp³-hybridized carbons (Fsp3) is 0.346. The molecule has 2 heterocycles. The summed E-state index contributed by atoms with van der Waals surface area (Å²) in [5.41, 5.74) is 2.23. The maximum Gasteiger partial charge on any atom is 0.220 e. The molecule has 162 valence electrons. The molecule has 0 radical (unpaired) electrons. The number of nitrogens with zero attached hydrogens (tertiary/aromatic N) is 1. The zero-order chi connectivity index (χ0) is 21.5. The normalized spacial score (nSPS) is 15.0. The molecule has 4 rings (SSSR count). The highest BCUT2D eigenvalue weighted by Gasteiger charge is 2.24. The van der Waals surface area contributed by atoms with Crippen LogP contribution in [0.3, 0.4) is 0 Å². The number of likely N-dealkylation sites (tertiary alicyclic amines) is 1. The fourth-order valence-corrected chi connectivity index (χ4v) is 4.17. The number of aryl methyl sites for hydroxylation is 1. The summed E-state index contributed by atoms with van der Waals surface area (Å²) in [7, 11) is 1.68. The highest BCUT2D eigenvalue weighted by molar-refractivity contribution is 5.76. The molecule has 5 nitrogen and oxygen atoms in total. The summed E-state index contributed by atoms with van der Waals surface area (Å²) in [6.45, 7) is 2.72. The molecule has 31 heavy (non-hydrogen) atoms. The van der Waals surface area contributed by atoms with Crippen molar-refractivity contribution in [3.05, 3.63) is 78.1 Å². The maximum atomic E-state index is 12.6. The minimum atomic E-state index is 0.0461. The van der Waals surface area contributed by atoms with E-state index in [1.807, 2.05) is 54.6 Å². The average Bonchev–Trinajstić information content (AvgIpc) is 3.51. The Bertz CT molecular complexity index is 977. The Morgan fingerprint density at radius 3 is 2.65 bits per heavy atom. The van der Waals surface area contributed by atoms with Crippen LogP contribution in [-0.2, 0) is 11.2 Å². The van der Waals surface area contributed by atoms with Crippen molar-refractivity contribution in [2.45, 2.75) is 31.7 Å². The van der Waals surface area contributed by atoms with E-state index in [9.17, 15) is 4.79 Å². The predicted molar refractivity (Wildman–Crippen MR) is 122 cm³/mol. The molecule has 1 aromatic heterocycles. The molecule has 1 saturated heterocycles. The molecule has 1 N–H and O–H groups in total. The number of ether oxygens (including phenoxy) is 1. The van der Waals surface area contributed by atoms with E-state index in [1.54, 1.807) is 7.11 Å². The SMILES string of the molecule is COc1cccc([C@H](CNC(=O)CCc2ccc(-c3ccccc3)o2)N2CCCC2)c1. The van der Waals surface area contributed by atoms with Crippen molar-refractivity contribution < 1.29 is 13.9 Å². The third-order valence-corrected chi connectivity index (χ3v) is 5.87. The standard InChI is InChI=1S/C26H30N2O3/c1-30-23-11-7-10-21(18-23)24(28-16-5-6-17-28)19-27-26(29)15-13-22-12-14-25(31-22)20-8-3-2-4-9-20/h2-4,7-12,14,18,24H,5-6,13,15-17,19H2,1H3,(H,27,29)/t24-/m0/s1. The van der Waals surface area contributed by atoms with Gasteiger partial charge in [0.1, 0.15) is 17.3 Å². The zero-order valence-corrected chi connectivity index (χ0v) is 18.0. The number of hydrogen-bond donors (Lipinski definition) is 1. The lowest BCUT2D eigenvalue weighted by atomic mass is 10.0. The highest BCUT2D eigenvalue weighted by atomic mass is 16.5. The summed E-state index contributed by atoms with van der Waals surface area (Å²) in [6.07, 6.45) is 3.41. The molecule has 1 aliphatic rings. The van der Waals surface area contributed by atoms with Gasteiger partial charge in [0.05, 0.1) is 13.2 Å². The van der Waals surface area contributed by atoms with Gasteiger partial charge in [-0.1, -0.05) is 42.5 Å². The Morgan fingerprint density at radius 1 is 1.06 bits per heavy atom. The smallest absolute Gasteiger partial charge is 0.220 e. The van der Waals surface area contributed by atoms with Crippen molar-refractivity contribution in [3.8, 4) is 17.1 Å². The molecule has 2 aromatic carbocycles. The Morgan fingerprint density at radius 2 is 1.87 bits per heavy atom. The molecule has 1 fully saturated rings. The first kappa shape index (κ1) is 21.2. The summed E-state index contributed by atoms with van der Waals surface area (Å²) in [5, 5.41) is 3.14. The van der Waals surface area contributed by atoms with Crippen molar-refractivity contribution in [2.24, 2.45) is 0 Å². The maximum absolute atomic E-state index is 12.6. The van der Waals surface area contributed by atoms with Gasteiger partial charge in [-0.05, 0) is 55.8 Å². The minimum Gasteiger partial charge on any atom is -0.497 e. The van der Waals surface area contributed by atoms with Crippen molar-refractivity contribution >= 4 is 5.91 Å². The first-order valence-corrected chi connectivity index (χ1v) is 11.0. The Hall–Kier alpha value is -3.05. The third kappa shape index (κ3) is 5.56. The van der Waals surface area contributed by atoms with Crippen LogP contribution in [-0.4, -0.2) is 37.6 Å². The van der Waals surface area contributed by atoms with Crippen molar-refractivity contribution in [2.75, 3.05) is 26.7 Å². The first-order chi connectivity index (χ1) is 15.2. The number of furan rings is 1. The van der Waals surface area contributed by atoms with E-state index in [0.717, 1.165) is 35.9 Å². The molecule has 0 aliphatic carbocycles. The summed E-state index contributed by atoms with van der Waals surface area (Å²) in [4.78, 5) is 15.0. The fourth-order valence-electron chi connectivity index (χ4n) is 4.17. The van der Waals surface area contributed by atoms with Gasteiger partial charge in [-0.15, -0.1) is 0 Å². The largest absolute Gasteiger partial charge is 0.497 e. The van der Waals surface area contributed by atoms with Gasteiger partial charge in [-0.2, -0.15) is 0 Å². The second-order valence-electron chi connectivity index (χ2n) is 7.97. The van der Waals surface area contributed by atoms with Crippen LogP contribution in [0.1, 0.15) is 36.6 Å². The highest BCUT2D eigenvalue weighted by Crippen LogP contribution is 2.27. The number of carbonyl (C=O) groups is 1. The third-order valence-electron chi connectivity index (χ3n) is 5.87. The molecule has 1 amide bonds. The predicted octanol–water partition coefficient (Wildman–Crippen LogP) is 4.84. The van der Waals surface area contributed by atoms with Crippen molar-refractivity contribution in [3.63, 3.8) is 0 Å². The number of methoxy groups -OCH3 is 1. The van der Waals surface area contributed by atoms with E-state index in [0.29, 0.717) is 19.4 Å². The number of amides is 1. The molecule has 1 atom stereocenters. The van der Waals surface area contributed by atoms with E-state index >= 15 is 0 Å². The zero-order valence-electron chi connectivity index (χ0n) is 18.0. The number of benzene rings is 2. The molecule has 0 spiro atoms. The van der Waals surface area contributed by atoms with Crippen LogP contribution in [0, 0.1) is 0 Å². The molecule has 1 aliphatic heterocycles. The van der Waals surface area contributed by atoms with Crippen molar-refractivity contribution in [1.29, 1.82) is 0 Å². The number of nitrogens with one attached hydrogen (secondary N) is 1. The second kappa shape index (κ2) is 10.3. The summed E-state index contributed by atoms with van der Waals surface area (Å²) in [5.74, 6) is 2.56. The molecular weight excluding hydrogens is 388 g/mol. The van der Waals surface area contributed by atoms with E-state index < -0.39 is 0 Å². The van der Waals surface area contributed by atoms with Gasteiger partial charge in [-0.25, -0.2) is 0 Å². The van der Waals surface area contributed by atoms with Gasteiger partial charge >= 0.3 is 0 Å². The van der Waals surface area contributed by atoms with Gasteiger partial charge < -0.3 is 14.5 Å². The van der Waals surface area contributed by atoms with E-state index in [-0.39, 0.29) is 11.9 Å². The molecule has 5 heteroatoms. The Kier molecular flexibility index (Phi) is 7.05. The van der Waals surface area contributed by atoms with Crippen LogP contribution in [0.15, 0.2) is 71.1 Å². The van der Waals surface area contributed by atoms with Crippen LogP contribution in [0.4, 0.5) is 0 Å². The quantitative estimate of drug-likeness (QED) is 0.540. The Balaban J connectivity index is 1.33. The van der Waals surface area contributed by atoms with Crippen LogP contribution in [0.25, 0.3) is 11.3 Å². The van der Waals surface area contributed by atoms with Gasteiger partial charge in [0.15, 0.2) is 0 Å². The van der Waals surface area contributed by atoms with Gasteiger partial charge in [0.2, 0.25) is 5.91 Å².